The molecule has 0 saturated heterocycles. The van der Waals surface area contributed by atoms with Crippen LogP contribution in [0.4, 0.5) is 0 Å². The lowest BCUT2D eigenvalue weighted by Gasteiger charge is -2.09. The van der Waals surface area contributed by atoms with Crippen LogP contribution in [0.2, 0.25) is 0 Å². The van der Waals surface area contributed by atoms with E-state index in [0.717, 1.165) is 24.0 Å². The summed E-state index contributed by atoms with van der Waals surface area (Å²) < 4.78 is 10.5. The van der Waals surface area contributed by atoms with E-state index in [1.165, 1.54) is 32.1 Å². The van der Waals surface area contributed by atoms with Crippen molar-refractivity contribution in [2.24, 2.45) is 0 Å². The van der Waals surface area contributed by atoms with E-state index in [2.05, 4.69) is 6.92 Å². The van der Waals surface area contributed by atoms with Gasteiger partial charge in [0.2, 0.25) is 0 Å². The minimum absolute atomic E-state index is 0.0449. The molecule has 4 heteroatoms. The largest absolute Gasteiger partial charge is 0.466 e. The molecule has 1 aromatic carbocycles. The lowest BCUT2D eigenvalue weighted by Crippen LogP contribution is -2.13. The summed E-state index contributed by atoms with van der Waals surface area (Å²) in [5.74, 6) is -0.174. The minimum Gasteiger partial charge on any atom is -0.466 e. The first kappa shape index (κ1) is 21.2. The van der Waals surface area contributed by atoms with Crippen molar-refractivity contribution in [3.8, 4) is 5.75 Å². The number of aryl methyl sites for hydroxylation is 1. The van der Waals surface area contributed by atoms with E-state index in [0.29, 0.717) is 12.4 Å². The lowest BCUT2D eigenvalue weighted by atomic mass is 10.1. The minimum atomic E-state index is -0.401. The Morgan fingerprint density at radius 3 is 2.24 bits per heavy atom. The molecule has 0 aliphatic heterocycles. The fourth-order valence-corrected chi connectivity index (χ4v) is 2.53. The van der Waals surface area contributed by atoms with Crippen molar-refractivity contribution >= 4 is 11.9 Å². The predicted octanol–water partition coefficient (Wildman–Crippen LogP) is 5.28. The summed E-state index contributed by atoms with van der Waals surface area (Å²) in [7, 11) is 0. The van der Waals surface area contributed by atoms with Gasteiger partial charge in [-0.05, 0) is 37.5 Å². The predicted molar refractivity (Wildman–Crippen MR) is 99.7 cm³/mol. The fraction of sp³-hybridized carbons (Fsp3) is 0.619. The Bertz CT molecular complexity index is 537. The number of hydrogen-bond acceptors (Lipinski definition) is 4. The molecule has 0 bridgehead atoms. The van der Waals surface area contributed by atoms with Gasteiger partial charge in [0, 0.05) is 0 Å². The summed E-state index contributed by atoms with van der Waals surface area (Å²) in [6, 6.07) is 5.58. The van der Waals surface area contributed by atoms with Gasteiger partial charge >= 0.3 is 11.9 Å². The van der Waals surface area contributed by atoms with Crippen molar-refractivity contribution in [3.05, 3.63) is 29.3 Å². The molecule has 0 unspecified atom stereocenters. The van der Waals surface area contributed by atoms with E-state index in [4.69, 9.17) is 9.47 Å². The van der Waals surface area contributed by atoms with E-state index in [1.807, 2.05) is 26.0 Å². The van der Waals surface area contributed by atoms with Crippen LogP contribution in [0.15, 0.2) is 18.2 Å². The number of hydrogen-bond donors (Lipinski definition) is 0. The second kappa shape index (κ2) is 12.5. The summed E-state index contributed by atoms with van der Waals surface area (Å²) in [5.41, 5.74) is 2.01. The third-order valence-electron chi connectivity index (χ3n) is 4.32. The van der Waals surface area contributed by atoms with Crippen LogP contribution in [0.5, 0.6) is 5.75 Å². The van der Waals surface area contributed by atoms with Crippen molar-refractivity contribution in [3.63, 3.8) is 0 Å². The van der Waals surface area contributed by atoms with Gasteiger partial charge in [-0.3, -0.25) is 9.59 Å². The molecule has 140 valence electrons. The van der Waals surface area contributed by atoms with Crippen LogP contribution >= 0.6 is 0 Å². The molecule has 0 atom stereocenters. The Balaban J connectivity index is 2.11. The maximum absolute atomic E-state index is 11.9. The lowest BCUT2D eigenvalue weighted by molar-refractivity contribution is -0.147. The first-order chi connectivity index (χ1) is 12.0. The van der Waals surface area contributed by atoms with E-state index in [9.17, 15) is 9.59 Å². The molecule has 1 rings (SSSR count). The number of benzene rings is 1. The maximum atomic E-state index is 11.9. The van der Waals surface area contributed by atoms with Gasteiger partial charge in [0.25, 0.3) is 0 Å². The van der Waals surface area contributed by atoms with E-state index in [-0.39, 0.29) is 18.8 Å². The average molecular weight is 348 g/mol. The number of carbonyl (C=O) groups is 2. The van der Waals surface area contributed by atoms with Crippen LogP contribution in [0.1, 0.15) is 75.8 Å². The Morgan fingerprint density at radius 1 is 0.880 bits per heavy atom. The van der Waals surface area contributed by atoms with Crippen LogP contribution in [-0.2, 0) is 14.3 Å². The van der Waals surface area contributed by atoms with Gasteiger partial charge in [-0.1, -0.05) is 57.6 Å². The number of esters is 2. The van der Waals surface area contributed by atoms with Crippen molar-refractivity contribution in [1.29, 1.82) is 0 Å². The van der Waals surface area contributed by atoms with Crippen molar-refractivity contribution < 1.29 is 19.1 Å². The monoisotopic (exact) mass is 348 g/mol. The summed E-state index contributed by atoms with van der Waals surface area (Å²) >= 11 is 0. The van der Waals surface area contributed by atoms with E-state index < -0.39 is 5.97 Å². The zero-order chi connectivity index (χ0) is 18.5. The molecule has 1 aromatic rings. The molecule has 0 N–H and O–H groups in total. The second-order valence-electron chi connectivity index (χ2n) is 6.51. The normalized spacial score (nSPS) is 10.5. The van der Waals surface area contributed by atoms with Crippen LogP contribution < -0.4 is 4.74 Å². The zero-order valence-corrected chi connectivity index (χ0v) is 15.9. The first-order valence-electron chi connectivity index (χ1n) is 9.47. The van der Waals surface area contributed by atoms with Crippen LogP contribution in [0.25, 0.3) is 0 Å². The van der Waals surface area contributed by atoms with Gasteiger partial charge in [-0.25, -0.2) is 0 Å². The first-order valence-corrected chi connectivity index (χ1v) is 9.47. The van der Waals surface area contributed by atoms with Gasteiger partial charge in [0.1, 0.15) is 5.75 Å². The molecule has 25 heavy (non-hydrogen) atoms. The number of ether oxygens (including phenoxy) is 2. The molecule has 0 aliphatic carbocycles. The Kier molecular flexibility index (Phi) is 10.6. The molecule has 0 aliphatic rings. The highest BCUT2D eigenvalue weighted by atomic mass is 16.5. The average Bonchev–Trinajstić information content (AvgIpc) is 2.59. The SMILES string of the molecule is CCCCCCCCCOC(=O)CCC(=O)Oc1cccc(C)c1C. The molecular weight excluding hydrogens is 316 g/mol. The van der Waals surface area contributed by atoms with Gasteiger partial charge < -0.3 is 9.47 Å². The highest BCUT2D eigenvalue weighted by Gasteiger charge is 2.11. The quantitative estimate of drug-likeness (QED) is 0.293. The Hall–Kier alpha value is -1.84. The summed E-state index contributed by atoms with van der Waals surface area (Å²) in [5, 5.41) is 0. The van der Waals surface area contributed by atoms with E-state index >= 15 is 0 Å². The Morgan fingerprint density at radius 2 is 1.52 bits per heavy atom. The highest BCUT2D eigenvalue weighted by molar-refractivity contribution is 5.79. The van der Waals surface area contributed by atoms with Crippen LogP contribution in [-0.4, -0.2) is 18.5 Å². The van der Waals surface area contributed by atoms with Gasteiger partial charge in [0.05, 0.1) is 19.4 Å². The molecule has 0 heterocycles. The topological polar surface area (TPSA) is 52.6 Å². The van der Waals surface area contributed by atoms with Crippen LogP contribution in [0, 0.1) is 13.8 Å². The molecule has 0 aromatic heterocycles. The summed E-state index contributed by atoms with van der Waals surface area (Å²) in [6.45, 7) is 6.53. The molecule has 0 radical (unpaired) electrons. The number of unbranched alkanes of at least 4 members (excludes halogenated alkanes) is 6. The number of carbonyl (C=O) groups excluding carboxylic acids is 2. The summed E-state index contributed by atoms with van der Waals surface area (Å²) in [4.78, 5) is 23.5. The highest BCUT2D eigenvalue weighted by Crippen LogP contribution is 2.21. The van der Waals surface area contributed by atoms with Gasteiger partial charge in [-0.2, -0.15) is 0 Å². The molecule has 4 nitrogen and oxygen atoms in total. The second-order valence-corrected chi connectivity index (χ2v) is 6.51. The molecular formula is C21H32O4. The van der Waals surface area contributed by atoms with Gasteiger partial charge in [-0.15, -0.1) is 0 Å². The van der Waals surface area contributed by atoms with Crippen molar-refractivity contribution in [2.45, 2.75) is 78.6 Å². The van der Waals surface area contributed by atoms with Crippen molar-refractivity contribution in [2.75, 3.05) is 6.61 Å². The number of rotatable bonds is 12. The maximum Gasteiger partial charge on any atom is 0.311 e. The third kappa shape index (κ3) is 9.28. The molecule has 0 fully saturated rings. The van der Waals surface area contributed by atoms with Crippen molar-refractivity contribution in [1.82, 2.24) is 0 Å². The van der Waals surface area contributed by atoms with E-state index in [1.54, 1.807) is 6.07 Å². The zero-order valence-electron chi connectivity index (χ0n) is 15.9. The standard InChI is InChI=1S/C21H32O4/c1-4-5-6-7-8-9-10-16-24-20(22)14-15-21(23)25-19-13-11-12-17(2)18(19)3/h11-13H,4-10,14-16H2,1-3H3. The summed E-state index contributed by atoms with van der Waals surface area (Å²) in [6.07, 6.45) is 8.39. The smallest absolute Gasteiger partial charge is 0.311 e. The fourth-order valence-electron chi connectivity index (χ4n) is 2.53. The molecule has 0 saturated carbocycles. The third-order valence-corrected chi connectivity index (χ3v) is 4.32. The van der Waals surface area contributed by atoms with Crippen LogP contribution in [0.3, 0.4) is 0 Å². The molecule has 0 amide bonds. The molecule has 0 spiro atoms. The van der Waals surface area contributed by atoms with Gasteiger partial charge in [0.15, 0.2) is 0 Å². The Labute approximate surface area is 151 Å².